The Morgan fingerprint density at radius 1 is 1.33 bits per heavy atom. The molecular weight excluding hydrogens is 272 g/mol. The molecule has 0 atom stereocenters. The summed E-state index contributed by atoms with van der Waals surface area (Å²) < 4.78 is 5.07. The van der Waals surface area contributed by atoms with Crippen LogP contribution in [-0.2, 0) is 0 Å². The molecule has 0 bridgehead atoms. The Kier molecular flexibility index (Phi) is 4.67. The third-order valence-corrected chi connectivity index (χ3v) is 3.77. The number of piperidine rings is 1. The van der Waals surface area contributed by atoms with Crippen LogP contribution in [0, 0.1) is 5.92 Å². The van der Waals surface area contributed by atoms with Crippen LogP contribution in [0.4, 0.5) is 10.5 Å². The first-order valence-electron chi connectivity index (χ1n) is 6.98. The van der Waals surface area contributed by atoms with Crippen molar-refractivity contribution in [3.8, 4) is 5.75 Å². The number of methoxy groups -OCH3 is 1. The Balaban J connectivity index is 2.14. The molecule has 1 aromatic rings. The van der Waals surface area contributed by atoms with Gasteiger partial charge in [-0.1, -0.05) is 6.92 Å². The van der Waals surface area contributed by atoms with Crippen LogP contribution in [0.15, 0.2) is 18.2 Å². The molecule has 1 heterocycles. The number of carboxylic acid groups (broad SMARTS) is 1. The molecule has 114 valence electrons. The second-order valence-corrected chi connectivity index (χ2v) is 5.32. The Morgan fingerprint density at radius 3 is 2.57 bits per heavy atom. The van der Waals surface area contributed by atoms with Crippen LogP contribution in [0.3, 0.4) is 0 Å². The monoisotopic (exact) mass is 292 g/mol. The van der Waals surface area contributed by atoms with Crippen LogP contribution in [-0.4, -0.2) is 42.2 Å². The van der Waals surface area contributed by atoms with Gasteiger partial charge in [0.1, 0.15) is 5.75 Å². The van der Waals surface area contributed by atoms with Gasteiger partial charge in [0.2, 0.25) is 0 Å². The van der Waals surface area contributed by atoms with Crippen LogP contribution in [0.25, 0.3) is 0 Å². The number of benzene rings is 1. The fourth-order valence-corrected chi connectivity index (χ4v) is 2.35. The van der Waals surface area contributed by atoms with E-state index in [1.807, 2.05) is 0 Å². The first-order chi connectivity index (χ1) is 10.0. The van der Waals surface area contributed by atoms with Gasteiger partial charge in [0.25, 0.3) is 0 Å². The summed E-state index contributed by atoms with van der Waals surface area (Å²) >= 11 is 0. The molecule has 0 aromatic heterocycles. The van der Waals surface area contributed by atoms with Gasteiger partial charge in [0, 0.05) is 19.2 Å². The summed E-state index contributed by atoms with van der Waals surface area (Å²) in [6.07, 6.45) is 1.94. The third kappa shape index (κ3) is 3.65. The SMILES string of the molecule is COc1ccc(C(=O)O)c(NC(=O)N2CCC(C)CC2)c1. The molecule has 0 saturated carbocycles. The average Bonchev–Trinajstić information content (AvgIpc) is 2.47. The highest BCUT2D eigenvalue weighted by Gasteiger charge is 2.22. The molecule has 1 aromatic carbocycles. The number of rotatable bonds is 3. The Bertz CT molecular complexity index is 536. The zero-order chi connectivity index (χ0) is 15.4. The summed E-state index contributed by atoms with van der Waals surface area (Å²) in [5, 5.41) is 11.9. The van der Waals surface area contributed by atoms with Crippen LogP contribution in [0.2, 0.25) is 0 Å². The van der Waals surface area contributed by atoms with Crippen LogP contribution in [0.5, 0.6) is 5.75 Å². The Morgan fingerprint density at radius 2 is 2.00 bits per heavy atom. The molecular formula is C15H20N2O4. The van der Waals surface area contributed by atoms with Crippen molar-refractivity contribution in [2.45, 2.75) is 19.8 Å². The molecule has 0 unspecified atom stereocenters. The molecule has 1 saturated heterocycles. The lowest BCUT2D eigenvalue weighted by Gasteiger charge is -2.30. The third-order valence-electron chi connectivity index (χ3n) is 3.77. The number of hydrogen-bond donors (Lipinski definition) is 2. The van der Waals surface area contributed by atoms with E-state index in [1.165, 1.54) is 19.2 Å². The molecule has 0 radical (unpaired) electrons. The lowest BCUT2D eigenvalue weighted by Crippen LogP contribution is -2.40. The predicted octanol–water partition coefficient (Wildman–Crippen LogP) is 2.66. The Hall–Kier alpha value is -2.24. The highest BCUT2D eigenvalue weighted by Crippen LogP contribution is 2.24. The number of ether oxygens (including phenoxy) is 1. The van der Waals surface area contributed by atoms with E-state index >= 15 is 0 Å². The fourth-order valence-electron chi connectivity index (χ4n) is 2.35. The Labute approximate surface area is 123 Å². The number of urea groups is 1. The number of carbonyl (C=O) groups is 2. The molecule has 2 rings (SSSR count). The van der Waals surface area contributed by atoms with Gasteiger partial charge in [-0.15, -0.1) is 0 Å². The summed E-state index contributed by atoms with van der Waals surface area (Å²) in [6, 6.07) is 4.24. The van der Waals surface area contributed by atoms with Crippen molar-refractivity contribution in [1.82, 2.24) is 4.90 Å². The summed E-state index contributed by atoms with van der Waals surface area (Å²) in [4.78, 5) is 25.2. The number of anilines is 1. The van der Waals surface area contributed by atoms with E-state index in [0.29, 0.717) is 24.8 Å². The van der Waals surface area contributed by atoms with Crippen molar-refractivity contribution in [3.05, 3.63) is 23.8 Å². The number of nitrogens with zero attached hydrogens (tertiary/aromatic N) is 1. The number of aromatic carboxylic acids is 1. The van der Waals surface area contributed by atoms with Crippen LogP contribution < -0.4 is 10.1 Å². The van der Waals surface area contributed by atoms with Crippen LogP contribution in [0.1, 0.15) is 30.1 Å². The molecule has 1 aliphatic rings. The lowest BCUT2D eigenvalue weighted by atomic mass is 10.00. The van der Waals surface area contributed by atoms with E-state index in [0.717, 1.165) is 12.8 Å². The maximum absolute atomic E-state index is 12.2. The second kappa shape index (κ2) is 6.47. The van der Waals surface area contributed by atoms with Gasteiger partial charge in [-0.2, -0.15) is 0 Å². The fraction of sp³-hybridized carbons (Fsp3) is 0.467. The molecule has 2 amide bonds. The molecule has 1 aliphatic heterocycles. The average molecular weight is 292 g/mol. The van der Waals surface area contributed by atoms with Gasteiger partial charge in [-0.3, -0.25) is 0 Å². The molecule has 0 aliphatic carbocycles. The molecule has 6 nitrogen and oxygen atoms in total. The number of carboxylic acids is 1. The van der Waals surface area contributed by atoms with E-state index in [-0.39, 0.29) is 17.3 Å². The number of likely N-dealkylation sites (tertiary alicyclic amines) is 1. The number of amides is 2. The quantitative estimate of drug-likeness (QED) is 0.897. The van der Waals surface area contributed by atoms with Crippen molar-refractivity contribution in [1.29, 1.82) is 0 Å². The van der Waals surface area contributed by atoms with Gasteiger partial charge in [-0.05, 0) is 30.9 Å². The molecule has 21 heavy (non-hydrogen) atoms. The minimum Gasteiger partial charge on any atom is -0.497 e. The largest absolute Gasteiger partial charge is 0.497 e. The highest BCUT2D eigenvalue weighted by atomic mass is 16.5. The van der Waals surface area contributed by atoms with E-state index in [2.05, 4.69) is 12.2 Å². The zero-order valence-corrected chi connectivity index (χ0v) is 12.3. The molecule has 2 N–H and O–H groups in total. The summed E-state index contributed by atoms with van der Waals surface area (Å²) in [5.74, 6) is 0.0447. The standard InChI is InChI=1S/C15H20N2O4/c1-10-5-7-17(8-6-10)15(20)16-13-9-11(21-2)3-4-12(13)14(18)19/h3-4,9-10H,5-8H2,1-2H3,(H,16,20)(H,18,19). The van der Waals surface area contributed by atoms with E-state index in [1.54, 1.807) is 11.0 Å². The van der Waals surface area contributed by atoms with Crippen molar-refractivity contribution >= 4 is 17.7 Å². The highest BCUT2D eigenvalue weighted by molar-refractivity contribution is 6.00. The minimum absolute atomic E-state index is 0.0505. The zero-order valence-electron chi connectivity index (χ0n) is 12.3. The van der Waals surface area contributed by atoms with Crippen molar-refractivity contribution in [2.75, 3.05) is 25.5 Å². The first kappa shape index (κ1) is 15.2. The van der Waals surface area contributed by atoms with Crippen LogP contribution >= 0.6 is 0 Å². The maximum Gasteiger partial charge on any atom is 0.337 e. The minimum atomic E-state index is -1.08. The van der Waals surface area contributed by atoms with Gasteiger partial charge in [0.15, 0.2) is 0 Å². The summed E-state index contributed by atoms with van der Waals surface area (Å²) in [7, 11) is 1.49. The lowest BCUT2D eigenvalue weighted by molar-refractivity contribution is 0.0698. The normalized spacial score (nSPS) is 15.6. The molecule has 6 heteroatoms. The topological polar surface area (TPSA) is 78.9 Å². The van der Waals surface area contributed by atoms with E-state index < -0.39 is 5.97 Å². The van der Waals surface area contributed by atoms with Crippen molar-refractivity contribution in [3.63, 3.8) is 0 Å². The number of nitrogens with one attached hydrogen (secondary N) is 1. The summed E-state index contributed by atoms with van der Waals surface area (Å²) in [5.41, 5.74) is 0.306. The van der Waals surface area contributed by atoms with Gasteiger partial charge >= 0.3 is 12.0 Å². The predicted molar refractivity (Wildman–Crippen MR) is 78.9 cm³/mol. The maximum atomic E-state index is 12.2. The first-order valence-corrected chi connectivity index (χ1v) is 6.98. The number of hydrogen-bond acceptors (Lipinski definition) is 3. The van der Waals surface area contributed by atoms with Crippen molar-refractivity contribution in [2.24, 2.45) is 5.92 Å². The van der Waals surface area contributed by atoms with Gasteiger partial charge < -0.3 is 20.1 Å². The van der Waals surface area contributed by atoms with Gasteiger partial charge in [-0.25, -0.2) is 9.59 Å². The second-order valence-electron chi connectivity index (χ2n) is 5.32. The smallest absolute Gasteiger partial charge is 0.337 e. The van der Waals surface area contributed by atoms with Gasteiger partial charge in [0.05, 0.1) is 18.4 Å². The van der Waals surface area contributed by atoms with E-state index in [4.69, 9.17) is 4.74 Å². The van der Waals surface area contributed by atoms with Crippen molar-refractivity contribution < 1.29 is 19.4 Å². The summed E-state index contributed by atoms with van der Waals surface area (Å²) in [6.45, 7) is 3.55. The molecule has 1 fully saturated rings. The number of carbonyl (C=O) groups excluding carboxylic acids is 1. The molecule has 0 spiro atoms. The van der Waals surface area contributed by atoms with E-state index in [9.17, 15) is 14.7 Å².